The summed E-state index contributed by atoms with van der Waals surface area (Å²) >= 11 is 0. The Kier molecular flexibility index (Phi) is 4.68. The highest BCUT2D eigenvalue weighted by Gasteiger charge is 2.35. The van der Waals surface area contributed by atoms with Crippen molar-refractivity contribution in [2.45, 2.75) is 57.7 Å². The van der Waals surface area contributed by atoms with Crippen molar-refractivity contribution in [3.05, 3.63) is 0 Å². The maximum absolute atomic E-state index is 12.0. The lowest BCUT2D eigenvalue weighted by atomic mass is 9.95. The fourth-order valence-electron chi connectivity index (χ4n) is 2.61. The van der Waals surface area contributed by atoms with Crippen LogP contribution in [0.1, 0.15) is 40.0 Å². The summed E-state index contributed by atoms with van der Waals surface area (Å²) < 4.78 is 5.42. The SMILES string of the molecule is CC(C)(C)OC(=O)N1CCC1CCC1CNCCN1. The van der Waals surface area contributed by atoms with Gasteiger partial charge in [0.25, 0.3) is 0 Å². The van der Waals surface area contributed by atoms with E-state index in [1.807, 2.05) is 25.7 Å². The highest BCUT2D eigenvalue weighted by molar-refractivity contribution is 5.69. The summed E-state index contributed by atoms with van der Waals surface area (Å²) in [6.07, 6.45) is 3.15. The fourth-order valence-corrected chi connectivity index (χ4v) is 2.61. The highest BCUT2D eigenvalue weighted by Crippen LogP contribution is 2.25. The lowest BCUT2D eigenvalue weighted by molar-refractivity contribution is -0.00746. The molecule has 2 saturated heterocycles. The van der Waals surface area contributed by atoms with Gasteiger partial charge in [-0.05, 0) is 40.0 Å². The molecule has 0 aliphatic carbocycles. The number of carbonyl (C=O) groups excluding carboxylic acids is 1. The summed E-state index contributed by atoms with van der Waals surface area (Å²) in [6.45, 7) is 9.73. The van der Waals surface area contributed by atoms with Gasteiger partial charge < -0.3 is 20.3 Å². The van der Waals surface area contributed by atoms with Crippen LogP contribution < -0.4 is 10.6 Å². The van der Waals surface area contributed by atoms with Gasteiger partial charge in [0.2, 0.25) is 0 Å². The van der Waals surface area contributed by atoms with Gasteiger partial charge in [-0.2, -0.15) is 0 Å². The minimum absolute atomic E-state index is 0.154. The van der Waals surface area contributed by atoms with Crippen LogP contribution in [-0.2, 0) is 4.74 Å². The molecule has 1 amide bonds. The van der Waals surface area contributed by atoms with Gasteiger partial charge in [-0.25, -0.2) is 4.79 Å². The van der Waals surface area contributed by atoms with E-state index in [-0.39, 0.29) is 6.09 Å². The third-order valence-electron chi connectivity index (χ3n) is 3.75. The van der Waals surface area contributed by atoms with Crippen LogP contribution in [0.2, 0.25) is 0 Å². The van der Waals surface area contributed by atoms with Gasteiger partial charge in [-0.15, -0.1) is 0 Å². The van der Waals surface area contributed by atoms with Crippen molar-refractivity contribution in [1.29, 1.82) is 0 Å². The Labute approximate surface area is 116 Å². The van der Waals surface area contributed by atoms with Crippen LogP contribution >= 0.6 is 0 Å². The van der Waals surface area contributed by atoms with Crippen molar-refractivity contribution in [2.75, 3.05) is 26.2 Å². The van der Waals surface area contributed by atoms with Gasteiger partial charge in [-0.3, -0.25) is 0 Å². The zero-order valence-electron chi connectivity index (χ0n) is 12.4. The Hall–Kier alpha value is -0.810. The van der Waals surface area contributed by atoms with Crippen molar-refractivity contribution in [1.82, 2.24) is 15.5 Å². The lowest BCUT2D eigenvalue weighted by Gasteiger charge is -2.42. The van der Waals surface area contributed by atoms with E-state index in [1.165, 1.54) is 0 Å². The van der Waals surface area contributed by atoms with E-state index in [1.54, 1.807) is 0 Å². The number of hydrogen-bond donors (Lipinski definition) is 2. The molecule has 0 aromatic carbocycles. The average Bonchev–Trinajstić information content (AvgIpc) is 2.26. The number of piperazine rings is 1. The van der Waals surface area contributed by atoms with E-state index in [0.29, 0.717) is 12.1 Å². The molecule has 2 aliphatic rings. The summed E-state index contributed by atoms with van der Waals surface area (Å²) in [5.41, 5.74) is -0.397. The van der Waals surface area contributed by atoms with E-state index < -0.39 is 5.60 Å². The molecule has 0 spiro atoms. The lowest BCUT2D eigenvalue weighted by Crippen LogP contribution is -2.54. The van der Waals surface area contributed by atoms with Crippen LogP contribution in [-0.4, -0.2) is 54.9 Å². The molecule has 0 bridgehead atoms. The normalized spacial score (nSPS) is 27.8. The Morgan fingerprint density at radius 3 is 2.63 bits per heavy atom. The number of amides is 1. The second kappa shape index (κ2) is 6.09. The first-order valence-electron chi connectivity index (χ1n) is 7.39. The van der Waals surface area contributed by atoms with Crippen molar-refractivity contribution in [3.63, 3.8) is 0 Å². The summed E-state index contributed by atoms with van der Waals surface area (Å²) in [4.78, 5) is 13.9. The van der Waals surface area contributed by atoms with E-state index in [2.05, 4.69) is 10.6 Å². The van der Waals surface area contributed by atoms with E-state index in [9.17, 15) is 4.79 Å². The smallest absolute Gasteiger partial charge is 0.410 e. The number of nitrogens with one attached hydrogen (secondary N) is 2. The summed E-state index contributed by atoms with van der Waals surface area (Å²) in [5, 5.41) is 6.90. The van der Waals surface area contributed by atoms with Crippen LogP contribution in [0.5, 0.6) is 0 Å². The number of carbonyl (C=O) groups is 1. The molecular weight excluding hydrogens is 242 g/mol. The van der Waals surface area contributed by atoms with Gasteiger partial charge in [0.05, 0.1) is 0 Å². The molecule has 2 fully saturated rings. The van der Waals surface area contributed by atoms with Crippen LogP contribution in [0, 0.1) is 0 Å². The molecule has 5 heteroatoms. The fraction of sp³-hybridized carbons (Fsp3) is 0.929. The van der Waals surface area contributed by atoms with Crippen LogP contribution in [0.3, 0.4) is 0 Å². The predicted octanol–water partition coefficient (Wildman–Crippen LogP) is 1.34. The van der Waals surface area contributed by atoms with Gasteiger partial charge in [0.1, 0.15) is 5.60 Å². The molecule has 19 heavy (non-hydrogen) atoms. The summed E-state index contributed by atoms with van der Waals surface area (Å²) in [6, 6.07) is 0.924. The molecule has 2 aliphatic heterocycles. The molecule has 2 atom stereocenters. The Morgan fingerprint density at radius 1 is 1.32 bits per heavy atom. The quantitative estimate of drug-likeness (QED) is 0.812. The Bertz CT molecular complexity index is 308. The molecular formula is C14H27N3O2. The minimum Gasteiger partial charge on any atom is -0.444 e. The second-order valence-corrected chi connectivity index (χ2v) is 6.55. The number of rotatable bonds is 3. The zero-order chi connectivity index (χ0) is 13.9. The Balaban J connectivity index is 1.71. The standard InChI is InChI=1S/C14H27N3O2/c1-14(2,3)19-13(18)17-9-6-12(17)5-4-11-10-15-7-8-16-11/h11-12,15-16H,4-10H2,1-3H3. The highest BCUT2D eigenvalue weighted by atomic mass is 16.6. The molecule has 0 radical (unpaired) electrons. The zero-order valence-corrected chi connectivity index (χ0v) is 12.4. The largest absolute Gasteiger partial charge is 0.444 e. The molecule has 2 heterocycles. The number of likely N-dealkylation sites (tertiary alicyclic amines) is 1. The molecule has 0 aromatic rings. The Morgan fingerprint density at radius 2 is 2.11 bits per heavy atom. The first kappa shape index (κ1) is 14.6. The van der Waals surface area contributed by atoms with Crippen molar-refractivity contribution >= 4 is 6.09 Å². The van der Waals surface area contributed by atoms with Crippen LogP contribution in [0.25, 0.3) is 0 Å². The maximum atomic E-state index is 12.0. The van der Waals surface area contributed by atoms with E-state index in [4.69, 9.17) is 4.74 Å². The van der Waals surface area contributed by atoms with Gasteiger partial charge in [0.15, 0.2) is 0 Å². The third kappa shape index (κ3) is 4.35. The van der Waals surface area contributed by atoms with Gasteiger partial charge in [-0.1, -0.05) is 0 Å². The van der Waals surface area contributed by atoms with Crippen molar-refractivity contribution < 1.29 is 9.53 Å². The van der Waals surface area contributed by atoms with Gasteiger partial charge in [0, 0.05) is 38.3 Å². The molecule has 110 valence electrons. The van der Waals surface area contributed by atoms with E-state index >= 15 is 0 Å². The third-order valence-corrected chi connectivity index (χ3v) is 3.75. The van der Waals surface area contributed by atoms with Gasteiger partial charge >= 0.3 is 6.09 Å². The first-order valence-corrected chi connectivity index (χ1v) is 7.39. The topological polar surface area (TPSA) is 53.6 Å². The molecule has 2 unspecified atom stereocenters. The van der Waals surface area contributed by atoms with Crippen LogP contribution in [0.4, 0.5) is 4.79 Å². The predicted molar refractivity (Wildman–Crippen MR) is 75.2 cm³/mol. The summed E-state index contributed by atoms with van der Waals surface area (Å²) in [7, 11) is 0. The number of ether oxygens (including phenoxy) is 1. The molecule has 2 rings (SSSR count). The maximum Gasteiger partial charge on any atom is 0.410 e. The number of nitrogens with zero attached hydrogens (tertiary/aromatic N) is 1. The second-order valence-electron chi connectivity index (χ2n) is 6.55. The average molecular weight is 269 g/mol. The van der Waals surface area contributed by atoms with Crippen LogP contribution in [0.15, 0.2) is 0 Å². The first-order chi connectivity index (χ1) is 8.96. The molecule has 5 nitrogen and oxygen atoms in total. The molecule has 2 N–H and O–H groups in total. The van der Waals surface area contributed by atoms with Crippen molar-refractivity contribution in [3.8, 4) is 0 Å². The molecule has 0 saturated carbocycles. The van der Waals surface area contributed by atoms with E-state index in [0.717, 1.165) is 45.4 Å². The monoisotopic (exact) mass is 269 g/mol. The summed E-state index contributed by atoms with van der Waals surface area (Å²) in [5.74, 6) is 0. The number of hydrogen-bond acceptors (Lipinski definition) is 4. The van der Waals surface area contributed by atoms with Crippen molar-refractivity contribution in [2.24, 2.45) is 0 Å². The molecule has 0 aromatic heterocycles. The minimum atomic E-state index is -0.397.